The van der Waals surface area contributed by atoms with Gasteiger partial charge in [0.25, 0.3) is 5.91 Å². The molecule has 3 aromatic rings. The number of rotatable bonds is 7. The Labute approximate surface area is 166 Å². The molecule has 146 valence electrons. The van der Waals surface area contributed by atoms with E-state index in [-0.39, 0.29) is 5.91 Å². The third-order valence-corrected chi connectivity index (χ3v) is 4.54. The first kappa shape index (κ1) is 19.5. The Morgan fingerprint density at radius 3 is 2.21 bits per heavy atom. The summed E-state index contributed by atoms with van der Waals surface area (Å²) in [7, 11) is 4.56. The van der Waals surface area contributed by atoms with Crippen molar-refractivity contribution in [1.82, 2.24) is 20.2 Å². The van der Waals surface area contributed by atoms with Crippen molar-refractivity contribution in [3.05, 3.63) is 42.0 Å². The van der Waals surface area contributed by atoms with Gasteiger partial charge in [-0.25, -0.2) is 0 Å². The van der Waals surface area contributed by atoms with Gasteiger partial charge in [-0.05, 0) is 40.9 Å². The summed E-state index contributed by atoms with van der Waals surface area (Å²) in [6, 6.07) is 10.3. The molecule has 0 aliphatic carbocycles. The molecule has 0 spiro atoms. The molecule has 1 N–H and O–H groups in total. The van der Waals surface area contributed by atoms with Crippen LogP contribution in [-0.4, -0.2) is 53.7 Å². The lowest BCUT2D eigenvalue weighted by Gasteiger charge is -2.14. The second-order valence-corrected chi connectivity index (χ2v) is 6.27. The fourth-order valence-corrected chi connectivity index (χ4v) is 3.01. The molecule has 0 aliphatic heterocycles. The second-order valence-electron chi connectivity index (χ2n) is 5.49. The zero-order valence-corrected chi connectivity index (χ0v) is 16.6. The number of anilines is 1. The Morgan fingerprint density at radius 2 is 1.68 bits per heavy atom. The Kier molecular flexibility index (Phi) is 5.99. The molecule has 2 aromatic carbocycles. The maximum absolute atomic E-state index is 12.6. The van der Waals surface area contributed by atoms with Crippen LogP contribution in [0.2, 0.25) is 0 Å². The minimum Gasteiger partial charge on any atom is -0.493 e. The summed E-state index contributed by atoms with van der Waals surface area (Å²) in [5.41, 5.74) is 1.77. The minimum atomic E-state index is -0.275. The van der Waals surface area contributed by atoms with Crippen LogP contribution in [0.4, 0.5) is 5.69 Å². The molecule has 0 saturated heterocycles. The number of thioether (sulfide) groups is 1. The number of nitrogens with zero attached hydrogens (tertiary/aromatic N) is 4. The summed E-state index contributed by atoms with van der Waals surface area (Å²) < 4.78 is 17.5. The Bertz CT molecular complexity index is 949. The third kappa shape index (κ3) is 3.86. The van der Waals surface area contributed by atoms with E-state index in [2.05, 4.69) is 20.8 Å². The highest BCUT2D eigenvalue weighted by Crippen LogP contribution is 2.40. The maximum Gasteiger partial charge on any atom is 0.255 e. The molecule has 0 radical (unpaired) electrons. The molecule has 1 amide bonds. The summed E-state index contributed by atoms with van der Waals surface area (Å²) in [6.45, 7) is 0. The summed E-state index contributed by atoms with van der Waals surface area (Å²) in [4.78, 5) is 12.6. The summed E-state index contributed by atoms with van der Waals surface area (Å²) in [5, 5.41) is 15.0. The highest BCUT2D eigenvalue weighted by molar-refractivity contribution is 7.98. The topological polar surface area (TPSA) is 100 Å². The van der Waals surface area contributed by atoms with Crippen LogP contribution < -0.4 is 19.5 Å². The quantitative estimate of drug-likeness (QED) is 0.603. The van der Waals surface area contributed by atoms with E-state index < -0.39 is 0 Å². The number of hydrogen-bond acceptors (Lipinski definition) is 8. The number of carbonyl (C=O) groups excluding carboxylic acids is 1. The number of methoxy groups -OCH3 is 3. The molecule has 0 unspecified atom stereocenters. The summed E-state index contributed by atoms with van der Waals surface area (Å²) in [5.74, 6) is 1.09. The number of carbonyl (C=O) groups is 1. The average molecular weight is 401 g/mol. The van der Waals surface area contributed by atoms with Crippen LogP contribution >= 0.6 is 11.8 Å². The average Bonchev–Trinajstić information content (AvgIpc) is 3.21. The number of benzene rings is 2. The van der Waals surface area contributed by atoms with Gasteiger partial charge < -0.3 is 19.5 Å². The molecule has 0 saturated carbocycles. The van der Waals surface area contributed by atoms with Gasteiger partial charge in [0.1, 0.15) is 0 Å². The van der Waals surface area contributed by atoms with E-state index in [1.54, 1.807) is 41.1 Å². The van der Waals surface area contributed by atoms with Crippen LogP contribution in [0.15, 0.2) is 41.6 Å². The van der Waals surface area contributed by atoms with Crippen molar-refractivity contribution in [2.24, 2.45) is 0 Å². The molecule has 9 nitrogen and oxygen atoms in total. The lowest BCUT2D eigenvalue weighted by Crippen LogP contribution is -2.12. The zero-order chi connectivity index (χ0) is 20.1. The van der Waals surface area contributed by atoms with Crippen LogP contribution in [0.25, 0.3) is 5.69 Å². The van der Waals surface area contributed by atoms with Gasteiger partial charge >= 0.3 is 0 Å². The number of tetrazole rings is 1. The van der Waals surface area contributed by atoms with Gasteiger partial charge in [0, 0.05) is 23.4 Å². The van der Waals surface area contributed by atoms with Gasteiger partial charge in [0.15, 0.2) is 11.5 Å². The second kappa shape index (κ2) is 8.61. The normalized spacial score (nSPS) is 10.4. The SMILES string of the molecule is COc1cc(NC(=O)c2ccc(-n3nnnc3SC)cc2)cc(OC)c1OC. The lowest BCUT2D eigenvalue weighted by atomic mass is 10.2. The van der Waals surface area contributed by atoms with Crippen LogP contribution in [0.1, 0.15) is 10.4 Å². The predicted octanol–water partition coefficient (Wildman–Crippen LogP) is 2.66. The first-order chi connectivity index (χ1) is 13.6. The summed E-state index contributed by atoms with van der Waals surface area (Å²) in [6.07, 6.45) is 1.89. The van der Waals surface area contributed by atoms with Crippen molar-refractivity contribution in [2.75, 3.05) is 32.9 Å². The van der Waals surface area contributed by atoms with Gasteiger partial charge in [0.05, 0.1) is 27.0 Å². The monoisotopic (exact) mass is 401 g/mol. The van der Waals surface area contributed by atoms with Crippen molar-refractivity contribution in [1.29, 1.82) is 0 Å². The summed E-state index contributed by atoms with van der Waals surface area (Å²) >= 11 is 1.43. The lowest BCUT2D eigenvalue weighted by molar-refractivity contribution is 0.102. The minimum absolute atomic E-state index is 0.275. The van der Waals surface area contributed by atoms with Crippen LogP contribution in [0.5, 0.6) is 17.2 Å². The Balaban J connectivity index is 1.82. The molecule has 28 heavy (non-hydrogen) atoms. The van der Waals surface area contributed by atoms with Gasteiger partial charge in [-0.2, -0.15) is 4.68 Å². The van der Waals surface area contributed by atoms with E-state index in [1.165, 1.54) is 33.1 Å². The number of nitrogens with one attached hydrogen (secondary N) is 1. The third-order valence-electron chi connectivity index (χ3n) is 3.92. The van der Waals surface area contributed by atoms with Crippen LogP contribution in [-0.2, 0) is 0 Å². The molecule has 0 aliphatic rings. The smallest absolute Gasteiger partial charge is 0.255 e. The molecule has 1 aromatic heterocycles. The van der Waals surface area contributed by atoms with Crippen molar-refractivity contribution in [2.45, 2.75) is 5.16 Å². The fourth-order valence-electron chi connectivity index (χ4n) is 2.58. The first-order valence-electron chi connectivity index (χ1n) is 8.15. The molecule has 0 bridgehead atoms. The molecular formula is C18H19N5O4S. The van der Waals surface area contributed by atoms with E-state index in [1.807, 2.05) is 6.26 Å². The molecular weight excluding hydrogens is 382 g/mol. The van der Waals surface area contributed by atoms with E-state index in [0.29, 0.717) is 33.7 Å². The van der Waals surface area contributed by atoms with Crippen molar-refractivity contribution in [3.8, 4) is 22.9 Å². The molecule has 1 heterocycles. The Hall–Kier alpha value is -3.27. The van der Waals surface area contributed by atoms with Gasteiger partial charge in [-0.15, -0.1) is 5.10 Å². The number of aromatic nitrogens is 4. The van der Waals surface area contributed by atoms with Gasteiger partial charge in [-0.1, -0.05) is 11.8 Å². The van der Waals surface area contributed by atoms with Gasteiger partial charge in [0.2, 0.25) is 10.9 Å². The molecule has 3 rings (SSSR count). The zero-order valence-electron chi connectivity index (χ0n) is 15.8. The number of hydrogen-bond donors (Lipinski definition) is 1. The largest absolute Gasteiger partial charge is 0.493 e. The van der Waals surface area contributed by atoms with Gasteiger partial charge in [-0.3, -0.25) is 4.79 Å². The number of ether oxygens (including phenoxy) is 3. The molecule has 0 fully saturated rings. The van der Waals surface area contributed by atoms with Crippen LogP contribution in [0.3, 0.4) is 0 Å². The standard InChI is InChI=1S/C18H19N5O4S/c1-25-14-9-12(10-15(26-2)16(14)27-3)19-17(24)11-5-7-13(8-6-11)23-18(28-4)20-21-22-23/h5-10H,1-4H3,(H,19,24). The van der Waals surface area contributed by atoms with E-state index >= 15 is 0 Å². The van der Waals surface area contributed by atoms with Crippen molar-refractivity contribution in [3.63, 3.8) is 0 Å². The molecule has 0 atom stereocenters. The molecule has 10 heteroatoms. The number of amides is 1. The van der Waals surface area contributed by atoms with E-state index in [9.17, 15) is 4.79 Å². The maximum atomic E-state index is 12.6. The first-order valence-corrected chi connectivity index (χ1v) is 9.38. The fraction of sp³-hybridized carbons (Fsp3) is 0.222. The van der Waals surface area contributed by atoms with Crippen molar-refractivity contribution < 1.29 is 19.0 Å². The Morgan fingerprint density at radius 1 is 1.04 bits per heavy atom. The van der Waals surface area contributed by atoms with E-state index in [4.69, 9.17) is 14.2 Å². The van der Waals surface area contributed by atoms with Crippen LogP contribution in [0, 0.1) is 0 Å². The van der Waals surface area contributed by atoms with E-state index in [0.717, 1.165) is 5.69 Å². The van der Waals surface area contributed by atoms with Crippen molar-refractivity contribution >= 4 is 23.4 Å². The predicted molar refractivity (Wildman–Crippen MR) is 105 cm³/mol. The highest BCUT2D eigenvalue weighted by atomic mass is 32.2. The highest BCUT2D eigenvalue weighted by Gasteiger charge is 2.15.